The van der Waals surface area contributed by atoms with Crippen LogP contribution >= 0.6 is 23.5 Å². The maximum Gasteiger partial charge on any atom is 0.230 e. The highest BCUT2D eigenvalue weighted by Crippen LogP contribution is 2.13. The number of nitrogens with one attached hydrogen (secondary N) is 1. The van der Waals surface area contributed by atoms with Crippen molar-refractivity contribution in [1.29, 1.82) is 0 Å². The molecule has 2 heterocycles. The van der Waals surface area contributed by atoms with Gasteiger partial charge < -0.3 is 5.32 Å². The number of aryl methyl sites for hydroxylation is 1. The lowest BCUT2D eigenvalue weighted by atomic mass is 10.3. The number of hydrogen-bond acceptors (Lipinski definition) is 6. The molecule has 0 saturated carbocycles. The van der Waals surface area contributed by atoms with Crippen LogP contribution in [0.2, 0.25) is 0 Å². The predicted octanol–water partition coefficient (Wildman–Crippen LogP) is 1.79. The molecule has 0 aliphatic rings. The molecule has 5 nitrogen and oxygen atoms in total. The molecule has 0 aliphatic carbocycles. The number of thioether (sulfide) groups is 1. The van der Waals surface area contributed by atoms with Gasteiger partial charge in [-0.1, -0.05) is 0 Å². The molecule has 0 spiro atoms. The smallest absolute Gasteiger partial charge is 0.230 e. The monoisotopic (exact) mass is 294 g/mol. The molecular weight excluding hydrogens is 280 g/mol. The maximum absolute atomic E-state index is 11.6. The van der Waals surface area contributed by atoms with Gasteiger partial charge >= 0.3 is 0 Å². The standard InChI is InChI=1S/C12H14N4OS2/c1-9-11(16-19-15-9)7-18-8-12(17)14-6-10-2-4-13-5-3-10/h2-5H,6-8H2,1H3,(H,14,17). The molecule has 0 saturated heterocycles. The zero-order valence-corrected chi connectivity index (χ0v) is 12.1. The summed E-state index contributed by atoms with van der Waals surface area (Å²) < 4.78 is 8.28. The molecule has 7 heteroatoms. The summed E-state index contributed by atoms with van der Waals surface area (Å²) in [5, 5.41) is 2.87. The average Bonchev–Trinajstić information content (AvgIpc) is 2.83. The molecule has 0 unspecified atom stereocenters. The maximum atomic E-state index is 11.6. The third kappa shape index (κ3) is 4.60. The Bertz CT molecular complexity index is 530. The van der Waals surface area contributed by atoms with E-state index < -0.39 is 0 Å². The van der Waals surface area contributed by atoms with Crippen LogP contribution in [0.4, 0.5) is 0 Å². The number of carbonyl (C=O) groups excluding carboxylic acids is 1. The quantitative estimate of drug-likeness (QED) is 0.879. The van der Waals surface area contributed by atoms with Crippen LogP contribution in [0.25, 0.3) is 0 Å². The number of rotatable bonds is 6. The zero-order chi connectivity index (χ0) is 13.5. The van der Waals surface area contributed by atoms with E-state index in [0.717, 1.165) is 22.7 Å². The first-order valence-electron chi connectivity index (χ1n) is 5.77. The second-order valence-corrected chi connectivity index (χ2v) is 5.44. The Morgan fingerprint density at radius 2 is 2.16 bits per heavy atom. The summed E-state index contributed by atoms with van der Waals surface area (Å²) in [4.78, 5) is 15.6. The minimum Gasteiger partial charge on any atom is -0.351 e. The third-order valence-corrected chi connectivity index (χ3v) is 4.06. The van der Waals surface area contributed by atoms with Crippen LogP contribution in [0.3, 0.4) is 0 Å². The number of pyridine rings is 1. The predicted molar refractivity (Wildman–Crippen MR) is 76.9 cm³/mol. The molecule has 19 heavy (non-hydrogen) atoms. The van der Waals surface area contributed by atoms with Crippen molar-refractivity contribution in [2.24, 2.45) is 0 Å². The van der Waals surface area contributed by atoms with Crippen molar-refractivity contribution in [2.75, 3.05) is 5.75 Å². The van der Waals surface area contributed by atoms with E-state index in [1.807, 2.05) is 19.1 Å². The van der Waals surface area contributed by atoms with E-state index in [4.69, 9.17) is 0 Å². The highest BCUT2D eigenvalue weighted by atomic mass is 32.2. The van der Waals surface area contributed by atoms with Gasteiger partial charge in [0.05, 0.1) is 28.9 Å². The van der Waals surface area contributed by atoms with Crippen LogP contribution in [0.1, 0.15) is 17.0 Å². The summed E-state index contributed by atoms with van der Waals surface area (Å²) in [6, 6.07) is 3.77. The Kier molecular flexibility index (Phi) is 5.29. The molecule has 0 aliphatic heterocycles. The lowest BCUT2D eigenvalue weighted by molar-refractivity contribution is -0.118. The topological polar surface area (TPSA) is 67.8 Å². The zero-order valence-electron chi connectivity index (χ0n) is 10.5. The minimum absolute atomic E-state index is 0.0302. The van der Waals surface area contributed by atoms with E-state index in [-0.39, 0.29) is 5.91 Å². The van der Waals surface area contributed by atoms with Crippen molar-refractivity contribution in [3.05, 3.63) is 41.5 Å². The van der Waals surface area contributed by atoms with Crippen molar-refractivity contribution >= 4 is 29.4 Å². The lowest BCUT2D eigenvalue weighted by Crippen LogP contribution is -2.24. The van der Waals surface area contributed by atoms with Gasteiger partial charge in [-0.2, -0.15) is 8.75 Å². The molecule has 0 aromatic carbocycles. The third-order valence-electron chi connectivity index (χ3n) is 2.46. The molecule has 0 atom stereocenters. The van der Waals surface area contributed by atoms with E-state index >= 15 is 0 Å². The summed E-state index contributed by atoms with van der Waals surface area (Å²) in [5.41, 5.74) is 2.97. The summed E-state index contributed by atoms with van der Waals surface area (Å²) >= 11 is 2.76. The molecule has 0 bridgehead atoms. The van der Waals surface area contributed by atoms with Crippen LogP contribution in [0.5, 0.6) is 0 Å². The first-order chi connectivity index (χ1) is 9.25. The normalized spacial score (nSPS) is 10.4. The Morgan fingerprint density at radius 1 is 1.37 bits per heavy atom. The molecule has 1 amide bonds. The molecule has 2 aromatic rings. The Hall–Kier alpha value is -1.47. The SMILES string of the molecule is Cc1nsnc1CSCC(=O)NCc1ccncc1. The van der Waals surface area contributed by atoms with Crippen molar-refractivity contribution in [3.8, 4) is 0 Å². The second kappa shape index (κ2) is 7.20. The van der Waals surface area contributed by atoms with Gasteiger partial charge in [0.25, 0.3) is 0 Å². The van der Waals surface area contributed by atoms with Gasteiger partial charge in [0, 0.05) is 24.7 Å². The van der Waals surface area contributed by atoms with Crippen LogP contribution in [-0.2, 0) is 17.1 Å². The van der Waals surface area contributed by atoms with Crippen molar-refractivity contribution in [2.45, 2.75) is 19.2 Å². The number of amides is 1. The molecule has 100 valence electrons. The van der Waals surface area contributed by atoms with Gasteiger partial charge in [-0.05, 0) is 24.6 Å². The van der Waals surface area contributed by atoms with E-state index in [9.17, 15) is 4.79 Å². The van der Waals surface area contributed by atoms with Crippen molar-refractivity contribution in [1.82, 2.24) is 19.0 Å². The van der Waals surface area contributed by atoms with Gasteiger partial charge in [0.2, 0.25) is 5.91 Å². The van der Waals surface area contributed by atoms with Crippen LogP contribution < -0.4 is 5.32 Å². The minimum atomic E-state index is 0.0302. The largest absolute Gasteiger partial charge is 0.351 e. The van der Waals surface area contributed by atoms with E-state index in [0.29, 0.717) is 12.3 Å². The van der Waals surface area contributed by atoms with Gasteiger partial charge in [0.15, 0.2) is 0 Å². The van der Waals surface area contributed by atoms with E-state index in [1.165, 1.54) is 11.7 Å². The summed E-state index contributed by atoms with van der Waals surface area (Å²) in [6.45, 7) is 2.47. The molecule has 0 fully saturated rings. The average molecular weight is 294 g/mol. The second-order valence-electron chi connectivity index (χ2n) is 3.92. The fourth-order valence-corrected chi connectivity index (χ4v) is 2.88. The summed E-state index contributed by atoms with van der Waals surface area (Å²) in [6.07, 6.45) is 3.43. The van der Waals surface area contributed by atoms with Gasteiger partial charge in [-0.3, -0.25) is 9.78 Å². The molecule has 1 N–H and O–H groups in total. The lowest BCUT2D eigenvalue weighted by Gasteiger charge is -2.04. The van der Waals surface area contributed by atoms with E-state index in [1.54, 1.807) is 24.2 Å². The Morgan fingerprint density at radius 3 is 2.84 bits per heavy atom. The number of nitrogens with zero attached hydrogens (tertiary/aromatic N) is 3. The number of hydrogen-bond donors (Lipinski definition) is 1. The molecule has 0 radical (unpaired) electrons. The number of carbonyl (C=O) groups is 1. The summed E-state index contributed by atoms with van der Waals surface area (Å²) in [7, 11) is 0. The number of aromatic nitrogens is 3. The Labute approximate surface area is 120 Å². The summed E-state index contributed by atoms with van der Waals surface area (Å²) in [5.74, 6) is 1.19. The van der Waals surface area contributed by atoms with Crippen LogP contribution in [0.15, 0.2) is 24.5 Å². The Balaban J connectivity index is 1.66. The highest BCUT2D eigenvalue weighted by Gasteiger charge is 2.06. The molecular formula is C12H14N4OS2. The van der Waals surface area contributed by atoms with Crippen LogP contribution in [-0.4, -0.2) is 25.4 Å². The van der Waals surface area contributed by atoms with Gasteiger partial charge in [-0.15, -0.1) is 11.8 Å². The van der Waals surface area contributed by atoms with Crippen molar-refractivity contribution < 1.29 is 4.79 Å². The first kappa shape index (κ1) is 14.0. The molecule has 2 aromatic heterocycles. The van der Waals surface area contributed by atoms with Gasteiger partial charge in [0.1, 0.15) is 0 Å². The first-order valence-corrected chi connectivity index (χ1v) is 7.65. The fraction of sp³-hybridized carbons (Fsp3) is 0.333. The van der Waals surface area contributed by atoms with Gasteiger partial charge in [-0.25, -0.2) is 0 Å². The van der Waals surface area contributed by atoms with E-state index in [2.05, 4.69) is 19.0 Å². The fourth-order valence-electron chi connectivity index (χ4n) is 1.37. The highest BCUT2D eigenvalue weighted by molar-refractivity contribution is 7.99. The molecule has 2 rings (SSSR count). The van der Waals surface area contributed by atoms with Crippen LogP contribution in [0, 0.1) is 6.92 Å². The van der Waals surface area contributed by atoms with Crippen molar-refractivity contribution in [3.63, 3.8) is 0 Å².